The first kappa shape index (κ1) is 18.8. The van der Waals surface area contributed by atoms with Gasteiger partial charge in [0.25, 0.3) is 5.69 Å². The largest absolute Gasteiger partial charge is 0.465 e. The number of hydrazone groups is 1. The zero-order chi connectivity index (χ0) is 19.1. The molecule has 2 aromatic rings. The Labute approximate surface area is 153 Å². The highest BCUT2D eigenvalue weighted by molar-refractivity contribution is 7.80. The summed E-state index contributed by atoms with van der Waals surface area (Å²) >= 11 is 4.66. The number of nitro groups is 1. The number of hydrogen-bond acceptors (Lipinski definition) is 7. The van der Waals surface area contributed by atoms with Gasteiger partial charge in [0.2, 0.25) is 0 Å². The molecule has 0 atom stereocenters. The van der Waals surface area contributed by atoms with Crippen LogP contribution in [0.25, 0.3) is 0 Å². The van der Waals surface area contributed by atoms with Crippen molar-refractivity contribution in [3.05, 3.63) is 63.7 Å². The van der Waals surface area contributed by atoms with Crippen LogP contribution in [0.15, 0.2) is 47.6 Å². The number of nitro benzene ring substituents is 1. The number of benzene rings is 2. The second kappa shape index (κ2) is 8.53. The number of nitrogens with zero attached hydrogens (tertiary/aromatic N) is 2. The van der Waals surface area contributed by atoms with E-state index in [0.717, 1.165) is 6.07 Å². The van der Waals surface area contributed by atoms with Crippen molar-refractivity contribution in [3.63, 3.8) is 0 Å². The Kier molecular flexibility index (Phi) is 6.17. The number of nitrogens with two attached hydrogens (primary N) is 1. The van der Waals surface area contributed by atoms with Gasteiger partial charge in [0.1, 0.15) is 17.1 Å². The maximum Gasteiger partial charge on any atom is 0.341 e. The second-order valence-corrected chi connectivity index (χ2v) is 5.24. The van der Waals surface area contributed by atoms with E-state index in [-0.39, 0.29) is 22.1 Å². The third kappa shape index (κ3) is 4.74. The second-order valence-electron chi connectivity index (χ2n) is 4.80. The van der Waals surface area contributed by atoms with Gasteiger partial charge in [-0.25, -0.2) is 4.79 Å². The number of para-hydroxylation sites is 1. The number of non-ortho nitro benzene ring substituents is 1. The fourth-order valence-electron chi connectivity index (χ4n) is 1.95. The van der Waals surface area contributed by atoms with E-state index in [9.17, 15) is 14.9 Å². The van der Waals surface area contributed by atoms with Crippen LogP contribution in [0, 0.1) is 10.1 Å². The number of methoxy groups -OCH3 is 1. The number of carbonyl (C=O) groups excluding carboxylic acids is 1. The average molecular weight is 374 g/mol. The number of carbonyl (C=O) groups is 1. The molecule has 0 saturated heterocycles. The van der Waals surface area contributed by atoms with Crippen molar-refractivity contribution in [1.29, 1.82) is 0 Å². The van der Waals surface area contributed by atoms with Crippen LogP contribution in [-0.2, 0) is 4.74 Å². The van der Waals surface area contributed by atoms with Crippen LogP contribution in [0.3, 0.4) is 0 Å². The summed E-state index contributed by atoms with van der Waals surface area (Å²) in [6.07, 6.45) is 1.43. The number of esters is 1. The van der Waals surface area contributed by atoms with Crippen LogP contribution in [0.5, 0.6) is 11.5 Å². The summed E-state index contributed by atoms with van der Waals surface area (Å²) < 4.78 is 10.4. The third-order valence-electron chi connectivity index (χ3n) is 3.10. The minimum atomic E-state index is -0.759. The van der Waals surface area contributed by atoms with Crippen molar-refractivity contribution in [2.24, 2.45) is 10.8 Å². The number of rotatable bonds is 6. The van der Waals surface area contributed by atoms with E-state index in [1.807, 2.05) is 0 Å². The molecular weight excluding hydrogens is 360 g/mol. The van der Waals surface area contributed by atoms with Crippen molar-refractivity contribution in [3.8, 4) is 11.5 Å². The molecule has 0 aromatic heterocycles. The molecule has 134 valence electrons. The summed E-state index contributed by atoms with van der Waals surface area (Å²) in [6.45, 7) is 0. The average Bonchev–Trinajstić information content (AvgIpc) is 2.62. The Morgan fingerprint density at radius 2 is 2.04 bits per heavy atom. The van der Waals surface area contributed by atoms with Gasteiger partial charge >= 0.3 is 5.97 Å². The van der Waals surface area contributed by atoms with E-state index in [1.165, 1.54) is 25.5 Å². The fraction of sp³-hybridized carbons (Fsp3) is 0.0625. The summed E-state index contributed by atoms with van der Waals surface area (Å²) in [5, 5.41) is 14.8. The smallest absolute Gasteiger partial charge is 0.341 e. The predicted molar refractivity (Wildman–Crippen MR) is 98.5 cm³/mol. The Hall–Kier alpha value is -3.53. The van der Waals surface area contributed by atoms with Crippen LogP contribution in [0.4, 0.5) is 5.69 Å². The highest BCUT2D eigenvalue weighted by Crippen LogP contribution is 2.30. The fourth-order valence-corrected chi connectivity index (χ4v) is 2.01. The van der Waals surface area contributed by atoms with E-state index in [0.29, 0.717) is 11.3 Å². The van der Waals surface area contributed by atoms with E-state index in [1.54, 1.807) is 24.3 Å². The van der Waals surface area contributed by atoms with Gasteiger partial charge in [0, 0.05) is 17.7 Å². The van der Waals surface area contributed by atoms with Gasteiger partial charge in [-0.3, -0.25) is 15.5 Å². The normalized spacial score (nSPS) is 10.3. The Bertz CT molecular complexity index is 885. The van der Waals surface area contributed by atoms with Crippen LogP contribution in [0.2, 0.25) is 0 Å². The van der Waals surface area contributed by atoms with Crippen LogP contribution in [-0.4, -0.2) is 29.3 Å². The zero-order valence-corrected chi connectivity index (χ0v) is 14.4. The van der Waals surface area contributed by atoms with E-state index in [4.69, 9.17) is 10.5 Å². The molecule has 0 spiro atoms. The van der Waals surface area contributed by atoms with Gasteiger partial charge in [-0.1, -0.05) is 12.1 Å². The summed E-state index contributed by atoms with van der Waals surface area (Å²) in [5.41, 5.74) is 7.94. The maximum atomic E-state index is 11.9. The van der Waals surface area contributed by atoms with Crippen molar-refractivity contribution >= 4 is 35.2 Å². The van der Waals surface area contributed by atoms with E-state index >= 15 is 0 Å². The molecule has 0 aliphatic carbocycles. The molecule has 0 aliphatic rings. The lowest BCUT2D eigenvalue weighted by Gasteiger charge is -2.11. The molecule has 0 fully saturated rings. The maximum absolute atomic E-state index is 11.9. The monoisotopic (exact) mass is 374 g/mol. The van der Waals surface area contributed by atoms with Gasteiger partial charge in [0.15, 0.2) is 5.11 Å². The molecule has 2 rings (SSSR count). The first-order chi connectivity index (χ1) is 12.4. The number of nitrogens with one attached hydrogen (secondary N) is 1. The highest BCUT2D eigenvalue weighted by Gasteiger charge is 2.19. The molecule has 10 heteroatoms. The standard InChI is InChI=1S/C16H14N4O5S/c1-24-15(21)12-8-11(20(22)23)6-7-14(12)25-13-5-3-2-4-10(13)9-18-19-16(17)26/h2-9H,1H3,(H3,17,19,26). The number of ether oxygens (including phenoxy) is 2. The van der Waals surface area contributed by atoms with Gasteiger partial charge < -0.3 is 15.2 Å². The molecule has 0 radical (unpaired) electrons. The zero-order valence-electron chi connectivity index (χ0n) is 13.5. The van der Waals surface area contributed by atoms with Gasteiger partial charge in [-0.15, -0.1) is 0 Å². The predicted octanol–water partition coefficient (Wildman–Crippen LogP) is 2.34. The first-order valence-corrected chi connectivity index (χ1v) is 7.55. The van der Waals surface area contributed by atoms with Crippen molar-refractivity contribution in [2.45, 2.75) is 0 Å². The molecular formula is C16H14N4O5S. The van der Waals surface area contributed by atoms with Crippen LogP contribution in [0.1, 0.15) is 15.9 Å². The quantitative estimate of drug-likeness (QED) is 0.259. The molecule has 0 unspecified atom stereocenters. The van der Waals surface area contributed by atoms with Crippen LogP contribution >= 0.6 is 12.2 Å². The molecule has 0 saturated carbocycles. The van der Waals surface area contributed by atoms with Crippen molar-refractivity contribution < 1.29 is 19.2 Å². The van der Waals surface area contributed by atoms with Crippen LogP contribution < -0.4 is 15.9 Å². The number of hydrogen-bond donors (Lipinski definition) is 2. The Morgan fingerprint density at radius 3 is 2.69 bits per heavy atom. The summed E-state index contributed by atoms with van der Waals surface area (Å²) in [5.74, 6) is -0.296. The Morgan fingerprint density at radius 1 is 1.31 bits per heavy atom. The van der Waals surface area contributed by atoms with E-state index in [2.05, 4.69) is 27.5 Å². The minimum Gasteiger partial charge on any atom is -0.465 e. The summed E-state index contributed by atoms with van der Waals surface area (Å²) in [4.78, 5) is 22.3. The molecule has 2 aromatic carbocycles. The lowest BCUT2D eigenvalue weighted by molar-refractivity contribution is -0.384. The van der Waals surface area contributed by atoms with E-state index < -0.39 is 10.9 Å². The van der Waals surface area contributed by atoms with Crippen molar-refractivity contribution in [1.82, 2.24) is 5.43 Å². The lowest BCUT2D eigenvalue weighted by Crippen LogP contribution is -2.24. The first-order valence-electron chi connectivity index (χ1n) is 7.14. The molecule has 26 heavy (non-hydrogen) atoms. The molecule has 0 aliphatic heterocycles. The molecule has 0 heterocycles. The molecule has 9 nitrogen and oxygen atoms in total. The lowest BCUT2D eigenvalue weighted by atomic mass is 10.1. The van der Waals surface area contributed by atoms with Crippen molar-refractivity contribution in [2.75, 3.05) is 7.11 Å². The Balaban J connectivity index is 2.39. The SMILES string of the molecule is COC(=O)c1cc([N+](=O)[O-])ccc1Oc1ccccc1C=NNC(N)=S. The molecule has 3 N–H and O–H groups in total. The topological polar surface area (TPSA) is 129 Å². The molecule has 0 bridgehead atoms. The summed E-state index contributed by atoms with van der Waals surface area (Å²) in [7, 11) is 1.17. The number of thiocarbonyl (C=S) groups is 1. The third-order valence-corrected chi connectivity index (χ3v) is 3.19. The highest BCUT2D eigenvalue weighted by atomic mass is 32.1. The minimum absolute atomic E-state index is 0.00277. The van der Waals surface area contributed by atoms with Gasteiger partial charge in [0.05, 0.1) is 18.2 Å². The summed E-state index contributed by atoms with van der Waals surface area (Å²) in [6, 6.07) is 10.5. The molecule has 0 amide bonds. The van der Waals surface area contributed by atoms with Gasteiger partial charge in [-0.05, 0) is 30.4 Å². The van der Waals surface area contributed by atoms with Gasteiger partial charge in [-0.2, -0.15) is 5.10 Å².